The van der Waals surface area contributed by atoms with Gasteiger partial charge in [0.05, 0.1) is 6.67 Å². The Bertz CT molecular complexity index is 103. The molecule has 1 unspecified atom stereocenters. The van der Waals surface area contributed by atoms with E-state index in [1.165, 1.54) is 19.3 Å². The van der Waals surface area contributed by atoms with Gasteiger partial charge in [0.25, 0.3) is 0 Å². The van der Waals surface area contributed by atoms with Crippen molar-refractivity contribution in [3.05, 3.63) is 0 Å². The minimum Gasteiger partial charge on any atom is -0.396 e. The highest BCUT2D eigenvalue weighted by atomic mass is 19.3. The van der Waals surface area contributed by atoms with Crippen LogP contribution in [0.2, 0.25) is 0 Å². The summed E-state index contributed by atoms with van der Waals surface area (Å²) in [4.78, 5) is 0. The summed E-state index contributed by atoms with van der Waals surface area (Å²) >= 11 is 0. The standard InChI is InChI=1S/C11H23FO.FHO/c1-11(10-13)8-6-4-2-3-5-7-9-12;1-2/h11,13H,2-10H2,1H3;2H. The van der Waals surface area contributed by atoms with E-state index in [4.69, 9.17) is 14.9 Å². The van der Waals surface area contributed by atoms with Gasteiger partial charge in [-0.05, 0) is 18.8 Å². The molecule has 94 valence electrons. The van der Waals surface area contributed by atoms with Crippen molar-refractivity contribution in [3.63, 3.8) is 0 Å². The summed E-state index contributed by atoms with van der Waals surface area (Å²) < 4.78 is 20.2. The maximum atomic E-state index is 11.7. The fourth-order valence-corrected chi connectivity index (χ4v) is 1.39. The summed E-state index contributed by atoms with van der Waals surface area (Å²) in [7, 11) is 0. The van der Waals surface area contributed by atoms with Gasteiger partial charge in [-0.1, -0.05) is 43.6 Å². The van der Waals surface area contributed by atoms with Gasteiger partial charge in [-0.2, -0.15) is 0 Å². The zero-order valence-electron chi connectivity index (χ0n) is 9.59. The molecule has 1 atom stereocenters. The lowest BCUT2D eigenvalue weighted by molar-refractivity contribution is -0.0441. The molecule has 0 rings (SSSR count). The van der Waals surface area contributed by atoms with E-state index >= 15 is 0 Å². The first-order valence-corrected chi connectivity index (χ1v) is 5.65. The monoisotopic (exact) mass is 226 g/mol. The Kier molecular flexibility index (Phi) is 18.6. The Hall–Kier alpha value is -0.220. The molecule has 0 aromatic carbocycles. The summed E-state index contributed by atoms with van der Waals surface area (Å²) in [5.41, 5.74) is 0. The van der Waals surface area contributed by atoms with E-state index in [9.17, 15) is 4.39 Å². The SMILES string of the molecule is CC(CO)CCCCCCCCF.OF. The van der Waals surface area contributed by atoms with Crippen LogP contribution in [0.25, 0.3) is 0 Å². The lowest BCUT2D eigenvalue weighted by atomic mass is 10.0. The zero-order chi connectivity index (χ0) is 11.9. The van der Waals surface area contributed by atoms with Crippen LogP contribution in [0.4, 0.5) is 8.92 Å². The summed E-state index contributed by atoms with van der Waals surface area (Å²) in [6.45, 7) is 2.21. The van der Waals surface area contributed by atoms with Crippen molar-refractivity contribution < 1.29 is 19.3 Å². The van der Waals surface area contributed by atoms with Crippen LogP contribution in [-0.4, -0.2) is 23.7 Å². The molecule has 4 heteroatoms. The highest BCUT2D eigenvalue weighted by Crippen LogP contribution is 2.11. The van der Waals surface area contributed by atoms with E-state index in [1.807, 2.05) is 0 Å². The predicted molar refractivity (Wildman–Crippen MR) is 57.9 cm³/mol. The van der Waals surface area contributed by atoms with Crippen molar-refractivity contribution in [1.29, 1.82) is 0 Å². The van der Waals surface area contributed by atoms with Gasteiger partial charge in [0.15, 0.2) is 0 Å². The first kappa shape index (κ1) is 17.2. The van der Waals surface area contributed by atoms with Gasteiger partial charge < -0.3 is 5.11 Å². The number of unbranched alkanes of at least 4 members (excludes halogenated alkanes) is 5. The second-order valence-electron chi connectivity index (χ2n) is 3.89. The molecule has 0 fully saturated rings. The molecule has 0 aliphatic carbocycles. The average molecular weight is 226 g/mol. The van der Waals surface area contributed by atoms with Crippen LogP contribution < -0.4 is 0 Å². The lowest BCUT2D eigenvalue weighted by Crippen LogP contribution is -1.99. The summed E-state index contributed by atoms with van der Waals surface area (Å²) in [6.07, 6.45) is 7.71. The Morgan fingerprint density at radius 2 is 1.40 bits per heavy atom. The number of rotatable bonds is 9. The molecular formula is C11H24F2O2. The molecular weight excluding hydrogens is 202 g/mol. The number of hydrogen-bond donors (Lipinski definition) is 2. The third-order valence-electron chi connectivity index (χ3n) is 2.39. The topological polar surface area (TPSA) is 40.5 Å². The minimum atomic E-state index is -0.165. The van der Waals surface area contributed by atoms with Crippen molar-refractivity contribution in [3.8, 4) is 0 Å². The third-order valence-corrected chi connectivity index (χ3v) is 2.39. The van der Waals surface area contributed by atoms with Crippen LogP contribution in [0, 0.1) is 5.92 Å². The molecule has 0 heterocycles. The van der Waals surface area contributed by atoms with Gasteiger partial charge in [0.1, 0.15) is 0 Å². The van der Waals surface area contributed by atoms with Crippen molar-refractivity contribution >= 4 is 0 Å². The van der Waals surface area contributed by atoms with Crippen LogP contribution >= 0.6 is 0 Å². The highest BCUT2D eigenvalue weighted by Gasteiger charge is 1.98. The number of halogens is 2. The molecule has 0 radical (unpaired) electrons. The third kappa shape index (κ3) is 16.5. The predicted octanol–water partition coefficient (Wildman–Crippen LogP) is 3.18. The number of alkyl halides is 1. The van der Waals surface area contributed by atoms with E-state index in [-0.39, 0.29) is 6.67 Å². The Labute approximate surface area is 91.2 Å². The second kappa shape index (κ2) is 16.2. The molecule has 0 aromatic heterocycles. The highest BCUT2D eigenvalue weighted by molar-refractivity contribution is 4.51. The Morgan fingerprint density at radius 1 is 0.933 bits per heavy atom. The van der Waals surface area contributed by atoms with Crippen molar-refractivity contribution in [1.82, 2.24) is 0 Å². The Morgan fingerprint density at radius 3 is 1.87 bits per heavy atom. The number of hydrogen-bond acceptors (Lipinski definition) is 2. The van der Waals surface area contributed by atoms with E-state index in [1.54, 1.807) is 0 Å². The van der Waals surface area contributed by atoms with E-state index in [0.29, 0.717) is 12.5 Å². The summed E-state index contributed by atoms with van der Waals surface area (Å²) in [5.74, 6) is 0.450. The number of aliphatic hydroxyl groups is 1. The van der Waals surface area contributed by atoms with E-state index < -0.39 is 0 Å². The first-order chi connectivity index (χ1) is 7.31. The quantitative estimate of drug-likeness (QED) is 0.593. The van der Waals surface area contributed by atoms with Gasteiger partial charge in [-0.15, -0.1) is 0 Å². The molecule has 2 N–H and O–H groups in total. The van der Waals surface area contributed by atoms with E-state index in [0.717, 1.165) is 25.7 Å². The van der Waals surface area contributed by atoms with Gasteiger partial charge in [-0.3, -0.25) is 4.39 Å². The first-order valence-electron chi connectivity index (χ1n) is 5.65. The number of aliphatic hydroxyl groups excluding tert-OH is 1. The molecule has 0 amide bonds. The average Bonchev–Trinajstić information content (AvgIpc) is 2.30. The molecule has 0 aliphatic heterocycles. The molecule has 0 aliphatic rings. The molecule has 2 nitrogen and oxygen atoms in total. The molecule has 0 spiro atoms. The normalized spacial score (nSPS) is 11.8. The summed E-state index contributed by atoms with van der Waals surface area (Å²) in [5, 5.41) is 14.3. The van der Waals surface area contributed by atoms with E-state index in [2.05, 4.69) is 6.92 Å². The zero-order valence-corrected chi connectivity index (χ0v) is 9.59. The molecule has 0 saturated heterocycles. The van der Waals surface area contributed by atoms with Crippen molar-refractivity contribution in [2.24, 2.45) is 5.92 Å². The fourth-order valence-electron chi connectivity index (χ4n) is 1.39. The largest absolute Gasteiger partial charge is 0.396 e. The summed E-state index contributed by atoms with van der Waals surface area (Å²) in [6, 6.07) is 0. The minimum absolute atomic E-state index is 0.165. The molecule has 0 saturated carbocycles. The maximum absolute atomic E-state index is 11.7. The van der Waals surface area contributed by atoms with Crippen molar-refractivity contribution in [2.45, 2.75) is 51.9 Å². The fraction of sp³-hybridized carbons (Fsp3) is 1.00. The van der Waals surface area contributed by atoms with Crippen molar-refractivity contribution in [2.75, 3.05) is 13.3 Å². The van der Waals surface area contributed by atoms with Gasteiger partial charge in [-0.25, -0.2) is 5.31 Å². The second-order valence-corrected chi connectivity index (χ2v) is 3.89. The van der Waals surface area contributed by atoms with Crippen LogP contribution in [0.5, 0.6) is 0 Å². The van der Waals surface area contributed by atoms with Gasteiger partial charge >= 0.3 is 0 Å². The van der Waals surface area contributed by atoms with Crippen LogP contribution in [0.1, 0.15) is 51.9 Å². The van der Waals surface area contributed by atoms with Crippen LogP contribution in [0.15, 0.2) is 0 Å². The Balaban J connectivity index is 0. The molecule has 0 bridgehead atoms. The van der Waals surface area contributed by atoms with Crippen LogP contribution in [-0.2, 0) is 0 Å². The maximum Gasteiger partial charge on any atom is 0.0894 e. The molecule has 15 heavy (non-hydrogen) atoms. The smallest absolute Gasteiger partial charge is 0.0894 e. The lowest BCUT2D eigenvalue weighted by Gasteiger charge is -2.06. The van der Waals surface area contributed by atoms with Gasteiger partial charge in [0.2, 0.25) is 0 Å². The molecule has 0 aromatic rings. The van der Waals surface area contributed by atoms with Gasteiger partial charge in [0, 0.05) is 6.61 Å². The van der Waals surface area contributed by atoms with Crippen LogP contribution in [0.3, 0.4) is 0 Å².